The molecule has 5 heteroatoms. The summed E-state index contributed by atoms with van der Waals surface area (Å²) in [5.41, 5.74) is 0. The van der Waals surface area contributed by atoms with Gasteiger partial charge in [0, 0.05) is 0 Å². The summed E-state index contributed by atoms with van der Waals surface area (Å²) in [6, 6.07) is 0. The molecule has 0 aromatic carbocycles. The molecule has 92 valence electrons. The fraction of sp³-hybridized carbons (Fsp3) is 1.00. The predicted octanol–water partition coefficient (Wildman–Crippen LogP) is 5.24. The molecule has 0 spiro atoms. The van der Waals surface area contributed by atoms with Gasteiger partial charge in [0.25, 0.3) is 0 Å². The van der Waals surface area contributed by atoms with E-state index in [9.17, 15) is 0 Å². The number of rotatable bonds is 4. The molecule has 1 rings (SSSR count). The maximum absolute atomic E-state index is 6.01. The third-order valence-electron chi connectivity index (χ3n) is 2.77. The summed E-state index contributed by atoms with van der Waals surface area (Å²) >= 11 is 9.44. The van der Waals surface area contributed by atoms with Crippen LogP contribution in [0.5, 0.6) is 0 Å². The van der Waals surface area contributed by atoms with Crippen LogP contribution < -0.4 is 0 Å². The van der Waals surface area contributed by atoms with Gasteiger partial charge in [-0.25, -0.2) is 0 Å². The molecule has 0 N–H and O–H groups in total. The van der Waals surface area contributed by atoms with Gasteiger partial charge in [-0.05, 0) is 0 Å². The molecule has 0 amide bonds. The van der Waals surface area contributed by atoms with Crippen molar-refractivity contribution in [3.8, 4) is 0 Å². The Bertz CT molecular complexity index is 184. The number of halogens is 3. The van der Waals surface area contributed by atoms with E-state index in [0.717, 1.165) is 13.0 Å². The van der Waals surface area contributed by atoms with E-state index in [2.05, 4.69) is 45.2 Å². The summed E-state index contributed by atoms with van der Waals surface area (Å²) < 4.78 is 6.70. The molecule has 1 fully saturated rings. The Morgan fingerprint density at radius 3 is 2.40 bits per heavy atom. The van der Waals surface area contributed by atoms with Crippen molar-refractivity contribution in [3.63, 3.8) is 0 Å². The van der Waals surface area contributed by atoms with Crippen molar-refractivity contribution < 1.29 is 4.74 Å². The van der Waals surface area contributed by atoms with Gasteiger partial charge >= 0.3 is 117 Å². The second-order valence-corrected chi connectivity index (χ2v) is 46.3. The Labute approximate surface area is 115 Å². The van der Waals surface area contributed by atoms with Gasteiger partial charge in [0.15, 0.2) is 0 Å². The van der Waals surface area contributed by atoms with Crippen LogP contribution >= 0.6 is 38.3 Å². The molecule has 1 aliphatic carbocycles. The summed E-state index contributed by atoms with van der Waals surface area (Å²) in [5.74, 6) is 0. The van der Waals surface area contributed by atoms with Crippen LogP contribution in [0.15, 0.2) is 0 Å². The Balaban J connectivity index is 2.59. The summed E-state index contributed by atoms with van der Waals surface area (Å²) in [7, 11) is 0. The number of hydrogen-bond donors (Lipinski definition) is 0. The standard InChI is InChI=1S/C10H19Br3OTe/c1-2-8-14-9-6-4-3-5-7-10(9)15(11,12)13/h9-10H,2-8H2,1H3/t9-,10-/m1/s1. The second kappa shape index (κ2) is 7.59. The first kappa shape index (κ1) is 15.2. The van der Waals surface area contributed by atoms with Crippen molar-refractivity contribution in [2.75, 3.05) is 6.61 Å². The topological polar surface area (TPSA) is 9.23 Å². The van der Waals surface area contributed by atoms with E-state index >= 15 is 0 Å². The molecular weight excluding hydrogens is 503 g/mol. The quantitative estimate of drug-likeness (QED) is 0.363. The third kappa shape index (κ3) is 5.57. The monoisotopic (exact) mass is 522 g/mol. The molecule has 0 radical (unpaired) electrons. The van der Waals surface area contributed by atoms with Gasteiger partial charge in [-0.3, -0.25) is 0 Å². The fourth-order valence-corrected chi connectivity index (χ4v) is 13.4. The van der Waals surface area contributed by atoms with E-state index in [1.165, 1.54) is 32.1 Å². The molecule has 0 aliphatic heterocycles. The van der Waals surface area contributed by atoms with Gasteiger partial charge in [0.05, 0.1) is 0 Å². The average molecular weight is 523 g/mol. The van der Waals surface area contributed by atoms with Crippen LogP contribution in [0.3, 0.4) is 0 Å². The molecule has 0 saturated heterocycles. The normalized spacial score (nSPS) is 29.9. The van der Waals surface area contributed by atoms with Crippen molar-refractivity contribution in [3.05, 3.63) is 0 Å². The molecular formula is C10H19Br3OTe. The van der Waals surface area contributed by atoms with Gasteiger partial charge in [-0.15, -0.1) is 0 Å². The predicted molar refractivity (Wildman–Crippen MR) is 79.4 cm³/mol. The molecule has 1 aliphatic rings. The van der Waals surface area contributed by atoms with Crippen LogP contribution in [0.4, 0.5) is 0 Å². The molecule has 0 unspecified atom stereocenters. The Morgan fingerprint density at radius 2 is 1.80 bits per heavy atom. The average Bonchev–Trinajstić information content (AvgIpc) is 2.38. The van der Waals surface area contributed by atoms with Crippen LogP contribution in [0.1, 0.15) is 45.4 Å². The van der Waals surface area contributed by atoms with E-state index in [1.807, 2.05) is 0 Å². The summed E-state index contributed by atoms with van der Waals surface area (Å²) in [6.45, 7) is 3.09. The minimum atomic E-state index is -2.12. The molecule has 0 bridgehead atoms. The van der Waals surface area contributed by atoms with Crippen LogP contribution in [0.2, 0.25) is 3.97 Å². The first-order chi connectivity index (χ1) is 7.05. The maximum atomic E-state index is 6.01. The van der Waals surface area contributed by atoms with Crippen molar-refractivity contribution in [1.29, 1.82) is 0 Å². The van der Waals surface area contributed by atoms with Gasteiger partial charge in [0.2, 0.25) is 0 Å². The van der Waals surface area contributed by atoms with Crippen LogP contribution in [-0.2, 0) is 4.74 Å². The van der Waals surface area contributed by atoms with Gasteiger partial charge < -0.3 is 0 Å². The van der Waals surface area contributed by atoms with Crippen molar-refractivity contribution >= 4 is 49.8 Å². The van der Waals surface area contributed by atoms with Crippen molar-refractivity contribution in [2.24, 2.45) is 0 Å². The zero-order chi connectivity index (χ0) is 11.3. The van der Waals surface area contributed by atoms with E-state index < -0.39 is 11.6 Å². The first-order valence-electron chi connectivity index (χ1n) is 5.58. The van der Waals surface area contributed by atoms with Crippen LogP contribution in [0, 0.1) is 0 Å². The van der Waals surface area contributed by atoms with Gasteiger partial charge in [0.1, 0.15) is 0 Å². The summed E-state index contributed by atoms with van der Waals surface area (Å²) in [6.07, 6.45) is 8.18. The SMILES string of the molecule is CCCO[C@@H]1CCCCC[C@H]1[Te](Br)(Br)Br. The van der Waals surface area contributed by atoms with Crippen LogP contribution in [-0.4, -0.2) is 24.3 Å². The summed E-state index contributed by atoms with van der Waals surface area (Å²) in [5, 5.41) is 0. The van der Waals surface area contributed by atoms with Gasteiger partial charge in [-0.2, -0.15) is 0 Å². The Hall–Kier alpha value is 2.19. The van der Waals surface area contributed by atoms with E-state index in [4.69, 9.17) is 4.74 Å². The molecule has 0 heterocycles. The third-order valence-corrected chi connectivity index (χ3v) is 15.9. The molecule has 0 aromatic rings. The van der Waals surface area contributed by atoms with Crippen LogP contribution in [0.25, 0.3) is 0 Å². The molecule has 15 heavy (non-hydrogen) atoms. The molecule has 0 aromatic heterocycles. The first-order valence-corrected chi connectivity index (χ1v) is 22.6. The van der Waals surface area contributed by atoms with E-state index in [1.54, 1.807) is 0 Å². The van der Waals surface area contributed by atoms with Crippen molar-refractivity contribution in [2.45, 2.75) is 55.5 Å². The fourth-order valence-electron chi connectivity index (χ4n) is 2.01. The zero-order valence-electron chi connectivity index (χ0n) is 9.05. The van der Waals surface area contributed by atoms with E-state index in [-0.39, 0.29) is 0 Å². The number of ether oxygens (including phenoxy) is 1. The Kier molecular flexibility index (Phi) is 7.71. The molecule has 1 nitrogen and oxygen atoms in total. The zero-order valence-corrected chi connectivity index (χ0v) is 16.1. The number of hydrogen-bond acceptors (Lipinski definition) is 1. The van der Waals surface area contributed by atoms with E-state index in [0.29, 0.717) is 10.1 Å². The minimum absolute atomic E-state index is 0.465. The van der Waals surface area contributed by atoms with Crippen molar-refractivity contribution in [1.82, 2.24) is 0 Å². The molecule has 2 atom stereocenters. The Morgan fingerprint density at radius 1 is 1.13 bits per heavy atom. The van der Waals surface area contributed by atoms with Gasteiger partial charge in [-0.1, -0.05) is 0 Å². The molecule has 1 saturated carbocycles. The summed E-state index contributed by atoms with van der Waals surface area (Å²) in [4.78, 5) is 0. The second-order valence-electron chi connectivity index (χ2n) is 4.03.